The Hall–Kier alpha value is -2.40. The van der Waals surface area contributed by atoms with Gasteiger partial charge < -0.3 is 10.4 Å². The van der Waals surface area contributed by atoms with Crippen LogP contribution >= 0.6 is 11.3 Å². The highest BCUT2D eigenvalue weighted by atomic mass is 32.1. The van der Waals surface area contributed by atoms with Crippen molar-refractivity contribution in [1.82, 2.24) is 0 Å². The van der Waals surface area contributed by atoms with Gasteiger partial charge in [-0.15, -0.1) is 11.3 Å². The summed E-state index contributed by atoms with van der Waals surface area (Å²) in [5, 5.41) is 11.6. The Morgan fingerprint density at radius 3 is 2.82 bits per heavy atom. The van der Waals surface area contributed by atoms with Crippen LogP contribution in [-0.4, -0.2) is 17.0 Å². The maximum Gasteiger partial charge on any atom is 0.303 e. The van der Waals surface area contributed by atoms with Gasteiger partial charge in [-0.05, 0) is 49.2 Å². The molecule has 1 amide bonds. The molecule has 2 aromatic rings. The first kappa shape index (κ1) is 14.5. The van der Waals surface area contributed by atoms with Gasteiger partial charge in [0.15, 0.2) is 0 Å². The van der Waals surface area contributed by atoms with Crippen molar-refractivity contribution < 1.29 is 14.7 Å². The Morgan fingerprint density at radius 1 is 1.32 bits per heavy atom. The predicted octanol–water partition coefficient (Wildman–Crippen LogP) is 3.57. The molecule has 0 saturated carbocycles. The first-order valence-corrected chi connectivity index (χ1v) is 7.79. The molecule has 1 aromatic heterocycles. The van der Waals surface area contributed by atoms with Gasteiger partial charge in [-0.25, -0.2) is 0 Å². The minimum atomic E-state index is -0.820. The van der Waals surface area contributed by atoms with Crippen LogP contribution in [0.3, 0.4) is 0 Å². The number of fused-ring (bicyclic) bond motifs is 1. The number of carbonyl (C=O) groups is 2. The average molecular weight is 313 g/mol. The van der Waals surface area contributed by atoms with Crippen molar-refractivity contribution in [2.45, 2.75) is 19.8 Å². The monoisotopic (exact) mass is 313 g/mol. The zero-order valence-corrected chi connectivity index (χ0v) is 12.9. The largest absolute Gasteiger partial charge is 0.481 e. The van der Waals surface area contributed by atoms with Gasteiger partial charge in [0.2, 0.25) is 0 Å². The van der Waals surface area contributed by atoms with Crippen molar-refractivity contribution in [3.63, 3.8) is 0 Å². The Morgan fingerprint density at radius 2 is 2.14 bits per heavy atom. The zero-order valence-electron chi connectivity index (χ0n) is 12.1. The number of amides is 1. The van der Waals surface area contributed by atoms with E-state index < -0.39 is 5.97 Å². The summed E-state index contributed by atoms with van der Waals surface area (Å²) >= 11 is 1.64. The number of hydrogen-bond acceptors (Lipinski definition) is 3. The fourth-order valence-corrected chi connectivity index (χ4v) is 3.28. The van der Waals surface area contributed by atoms with Crippen molar-refractivity contribution in [2.75, 3.05) is 5.32 Å². The minimum Gasteiger partial charge on any atom is -0.481 e. The summed E-state index contributed by atoms with van der Waals surface area (Å²) in [5.74, 6) is -0.934. The lowest BCUT2D eigenvalue weighted by molar-refractivity contribution is -0.137. The highest BCUT2D eigenvalue weighted by Gasteiger charge is 2.24. The molecular formula is C17H15NO3S. The number of nitrogens with one attached hydrogen (secondary N) is 1. The quantitative estimate of drug-likeness (QED) is 0.848. The van der Waals surface area contributed by atoms with E-state index in [1.807, 2.05) is 43.3 Å². The Kier molecular flexibility index (Phi) is 3.81. The van der Waals surface area contributed by atoms with E-state index >= 15 is 0 Å². The number of rotatable bonds is 4. The van der Waals surface area contributed by atoms with Crippen LogP contribution in [0, 0.1) is 6.92 Å². The molecule has 0 aliphatic carbocycles. The summed E-state index contributed by atoms with van der Waals surface area (Å²) in [6.07, 6.45) is 2.44. The zero-order chi connectivity index (χ0) is 15.7. The molecule has 0 bridgehead atoms. The fraction of sp³-hybridized carbons (Fsp3) is 0.176. The van der Waals surface area contributed by atoms with E-state index in [-0.39, 0.29) is 12.3 Å². The van der Waals surface area contributed by atoms with Crippen LogP contribution in [0.25, 0.3) is 11.6 Å². The number of benzene rings is 1. The maximum absolute atomic E-state index is 12.2. The number of carbonyl (C=O) groups excluding carboxylic acids is 1. The third kappa shape index (κ3) is 2.94. The van der Waals surface area contributed by atoms with E-state index in [0.717, 1.165) is 21.7 Å². The third-order valence-electron chi connectivity index (χ3n) is 3.54. The molecule has 2 N–H and O–H groups in total. The summed E-state index contributed by atoms with van der Waals surface area (Å²) in [6.45, 7) is 2.03. The van der Waals surface area contributed by atoms with Crippen molar-refractivity contribution in [2.24, 2.45) is 0 Å². The Bertz CT molecular complexity index is 789. The first-order valence-electron chi connectivity index (χ1n) is 6.97. The molecule has 0 saturated heterocycles. The van der Waals surface area contributed by atoms with E-state index in [0.29, 0.717) is 12.0 Å². The second-order valence-electron chi connectivity index (χ2n) is 5.23. The lowest BCUT2D eigenvalue weighted by atomic mass is 10.0. The standard InChI is InChI=1S/C17H15NO3S/c1-10-2-5-12(22-10)9-14-13-8-11(4-7-16(19)20)3-6-15(13)18-17(14)21/h2-3,5-6,8-9H,4,7H2,1H3,(H,18,21)(H,19,20). The van der Waals surface area contributed by atoms with Gasteiger partial charge >= 0.3 is 5.97 Å². The first-order chi connectivity index (χ1) is 10.5. The van der Waals surface area contributed by atoms with Gasteiger partial charge in [-0.1, -0.05) is 6.07 Å². The van der Waals surface area contributed by atoms with Gasteiger partial charge in [0.25, 0.3) is 5.91 Å². The van der Waals surface area contributed by atoms with E-state index in [9.17, 15) is 9.59 Å². The number of aliphatic carboxylic acids is 1. The van der Waals surface area contributed by atoms with Crippen molar-refractivity contribution >= 4 is 40.5 Å². The van der Waals surface area contributed by atoms with Crippen LogP contribution in [0.5, 0.6) is 0 Å². The van der Waals surface area contributed by atoms with E-state index in [2.05, 4.69) is 5.32 Å². The lowest BCUT2D eigenvalue weighted by Crippen LogP contribution is -2.03. The molecule has 0 unspecified atom stereocenters. The van der Waals surface area contributed by atoms with Crippen LogP contribution in [0.1, 0.15) is 27.3 Å². The number of carboxylic acid groups (broad SMARTS) is 1. The molecule has 3 rings (SSSR count). The average Bonchev–Trinajstić information content (AvgIpc) is 3.01. The summed E-state index contributed by atoms with van der Waals surface area (Å²) in [4.78, 5) is 25.1. The minimum absolute atomic E-state index is 0.0866. The Balaban J connectivity index is 1.95. The van der Waals surface area contributed by atoms with Crippen molar-refractivity contribution in [3.05, 3.63) is 51.2 Å². The molecule has 0 radical (unpaired) electrons. The Labute approximate surface area is 132 Å². The highest BCUT2D eigenvalue weighted by Crippen LogP contribution is 2.35. The molecule has 1 aromatic carbocycles. The van der Waals surface area contributed by atoms with Gasteiger partial charge in [0, 0.05) is 27.4 Å². The second-order valence-corrected chi connectivity index (χ2v) is 6.55. The fourth-order valence-electron chi connectivity index (χ4n) is 2.46. The predicted molar refractivity (Wildman–Crippen MR) is 88.0 cm³/mol. The van der Waals surface area contributed by atoms with Gasteiger partial charge in [0.1, 0.15) is 0 Å². The van der Waals surface area contributed by atoms with Crippen LogP contribution in [0.2, 0.25) is 0 Å². The summed E-state index contributed by atoms with van der Waals surface area (Å²) in [6, 6.07) is 9.62. The third-order valence-corrected chi connectivity index (χ3v) is 4.49. The molecule has 4 nitrogen and oxygen atoms in total. The number of hydrogen-bond donors (Lipinski definition) is 2. The van der Waals surface area contributed by atoms with E-state index in [1.54, 1.807) is 11.3 Å². The molecule has 5 heteroatoms. The second kappa shape index (κ2) is 5.77. The topological polar surface area (TPSA) is 66.4 Å². The summed E-state index contributed by atoms with van der Waals surface area (Å²) < 4.78 is 0. The number of anilines is 1. The van der Waals surface area contributed by atoms with Crippen molar-refractivity contribution in [3.8, 4) is 0 Å². The van der Waals surface area contributed by atoms with Crippen LogP contribution in [-0.2, 0) is 16.0 Å². The molecule has 0 atom stereocenters. The molecular weight excluding hydrogens is 298 g/mol. The molecule has 112 valence electrons. The molecule has 2 heterocycles. The molecule has 1 aliphatic rings. The highest BCUT2D eigenvalue weighted by molar-refractivity contribution is 7.12. The SMILES string of the molecule is Cc1ccc(C=C2C(=O)Nc3ccc(CCC(=O)O)cc32)s1. The number of carboxylic acids is 1. The maximum atomic E-state index is 12.2. The normalized spacial score (nSPS) is 15.0. The smallest absolute Gasteiger partial charge is 0.303 e. The lowest BCUT2D eigenvalue weighted by Gasteiger charge is -2.03. The molecule has 0 spiro atoms. The van der Waals surface area contributed by atoms with E-state index in [1.165, 1.54) is 4.88 Å². The van der Waals surface area contributed by atoms with Gasteiger partial charge in [0.05, 0.1) is 5.57 Å². The van der Waals surface area contributed by atoms with Gasteiger partial charge in [-0.2, -0.15) is 0 Å². The molecule has 1 aliphatic heterocycles. The van der Waals surface area contributed by atoms with E-state index in [4.69, 9.17) is 5.11 Å². The summed E-state index contributed by atoms with van der Waals surface area (Å²) in [5.41, 5.74) is 3.18. The van der Waals surface area contributed by atoms with Crippen molar-refractivity contribution in [1.29, 1.82) is 0 Å². The summed E-state index contributed by atoms with van der Waals surface area (Å²) in [7, 11) is 0. The number of aryl methyl sites for hydroxylation is 2. The molecule has 22 heavy (non-hydrogen) atoms. The number of thiophene rings is 1. The molecule has 0 fully saturated rings. The van der Waals surface area contributed by atoms with Crippen LogP contribution in [0.15, 0.2) is 30.3 Å². The van der Waals surface area contributed by atoms with Crippen LogP contribution in [0.4, 0.5) is 5.69 Å². The van der Waals surface area contributed by atoms with Gasteiger partial charge in [-0.3, -0.25) is 9.59 Å². The van der Waals surface area contributed by atoms with Crippen LogP contribution < -0.4 is 5.32 Å².